The van der Waals surface area contributed by atoms with Crippen LogP contribution in [0.25, 0.3) is 0 Å². The van der Waals surface area contributed by atoms with Crippen LogP contribution in [0.15, 0.2) is 9.98 Å². The third kappa shape index (κ3) is 47.1. The summed E-state index contributed by atoms with van der Waals surface area (Å²) in [5.41, 5.74) is 0. The van der Waals surface area contributed by atoms with E-state index >= 15 is 0 Å². The van der Waals surface area contributed by atoms with Gasteiger partial charge in [-0.05, 0) is 38.5 Å². The topological polar surface area (TPSA) is 183 Å². The molecule has 0 atom stereocenters. The van der Waals surface area contributed by atoms with Gasteiger partial charge in [-0.1, -0.05) is 12.8 Å². The van der Waals surface area contributed by atoms with Gasteiger partial charge in [-0.2, -0.15) is 0 Å². The Balaban J connectivity index is -0.000000384. The minimum atomic E-state index is -0.870. The zero-order valence-electron chi connectivity index (χ0n) is 18.0. The van der Waals surface area contributed by atoms with Gasteiger partial charge in [0.2, 0.25) is 12.2 Å². The molecule has 0 aromatic carbocycles. The smallest absolute Gasteiger partial charge is 0.303 e. The molecule has 0 amide bonds. The molecular formula is C20H36N2O9. The predicted octanol–water partition coefficient (Wildman–Crippen LogP) is 1.70. The van der Waals surface area contributed by atoms with Crippen LogP contribution in [0.4, 0.5) is 0 Å². The number of unbranched alkanes of at least 4 members (excludes halogenated alkanes) is 4. The number of carbonyl (C=O) groups is 2. The Morgan fingerprint density at radius 1 is 0.645 bits per heavy atom. The summed E-state index contributed by atoms with van der Waals surface area (Å²) in [6.45, 7) is 2.66. The molecule has 0 aliphatic heterocycles. The Kier molecular flexibility index (Phi) is 34.6. The number of aliphatic imine (C=N–C) groups is 2. The number of carboxylic acid groups (broad SMARTS) is 2. The molecular weight excluding hydrogens is 412 g/mol. The van der Waals surface area contributed by atoms with Gasteiger partial charge in [0.15, 0.2) is 0 Å². The summed E-state index contributed by atoms with van der Waals surface area (Å²) < 4.78 is 4.99. The van der Waals surface area contributed by atoms with Gasteiger partial charge in [-0.3, -0.25) is 9.59 Å². The summed E-state index contributed by atoms with van der Waals surface area (Å²) in [5, 5.41) is 32.8. The van der Waals surface area contributed by atoms with E-state index in [1.54, 1.807) is 0 Å². The van der Waals surface area contributed by atoms with E-state index in [0.717, 1.165) is 25.7 Å². The molecule has 0 saturated heterocycles. The van der Waals surface area contributed by atoms with Gasteiger partial charge in [0.1, 0.15) is 0 Å². The normalized spacial score (nSPS) is 9.10. The van der Waals surface area contributed by atoms with Crippen molar-refractivity contribution in [2.24, 2.45) is 9.98 Å². The van der Waals surface area contributed by atoms with Crippen LogP contribution in [0.5, 0.6) is 0 Å². The fraction of sp³-hybridized carbons (Fsp3) is 0.800. The maximum absolute atomic E-state index is 9.90. The monoisotopic (exact) mass is 448 g/mol. The Bertz CT molecular complexity index is 459. The number of hydrogen-bond acceptors (Lipinski definition) is 9. The fourth-order valence-corrected chi connectivity index (χ4v) is 1.81. The van der Waals surface area contributed by atoms with Crippen LogP contribution in [-0.4, -0.2) is 84.0 Å². The highest BCUT2D eigenvalue weighted by Crippen LogP contribution is 1.99. The number of carbonyl (C=O) groups excluding carboxylic acids is 2. The summed E-state index contributed by atoms with van der Waals surface area (Å²) in [4.78, 5) is 45.9. The van der Waals surface area contributed by atoms with Gasteiger partial charge in [0, 0.05) is 39.3 Å². The number of nitrogens with zero attached hydrogens (tertiary/aromatic N) is 2. The number of aliphatic hydroxyl groups excluding tert-OH is 2. The van der Waals surface area contributed by atoms with Crippen LogP contribution in [0.2, 0.25) is 0 Å². The lowest BCUT2D eigenvalue weighted by Gasteiger charge is -1.99. The summed E-state index contributed by atoms with van der Waals surface area (Å²) in [6, 6.07) is 0. The quantitative estimate of drug-likeness (QED) is 0.138. The lowest BCUT2D eigenvalue weighted by molar-refractivity contribution is -0.139. The Labute approximate surface area is 182 Å². The molecule has 0 heterocycles. The maximum Gasteiger partial charge on any atom is 0.303 e. The zero-order chi connectivity index (χ0) is 24.0. The zero-order valence-corrected chi connectivity index (χ0v) is 18.0. The highest BCUT2D eigenvalue weighted by atomic mass is 16.5. The van der Waals surface area contributed by atoms with E-state index in [-0.39, 0.29) is 26.1 Å². The number of rotatable bonds is 18. The fourth-order valence-electron chi connectivity index (χ4n) is 1.81. The second-order valence-corrected chi connectivity index (χ2v) is 6.12. The standard InChI is InChI=1S/C8H12N2O2.C6H10O4.C6H14O3/c11-7-9-5-3-1-2-4-6-10-8-12;7-5(8)3-1-2-4-6(9)10;7-3-1-5-9-6-2-4-8/h1-6H2;1-4H2,(H,7,8)(H,9,10);7-8H,1-6H2. The van der Waals surface area contributed by atoms with Crippen molar-refractivity contribution >= 4 is 24.1 Å². The molecule has 0 bridgehead atoms. The van der Waals surface area contributed by atoms with Crippen LogP contribution in [0.3, 0.4) is 0 Å². The first kappa shape index (κ1) is 33.2. The average Bonchev–Trinajstić information content (AvgIpc) is 2.74. The SMILES string of the molecule is O=C(O)CCCCC(=O)O.O=C=NCCCCCCN=C=O.OCCCOCCCO. The van der Waals surface area contributed by atoms with Crippen molar-refractivity contribution in [3.8, 4) is 0 Å². The molecule has 0 fully saturated rings. The Hall–Kier alpha value is -2.42. The Morgan fingerprint density at radius 3 is 1.32 bits per heavy atom. The van der Waals surface area contributed by atoms with Crippen molar-refractivity contribution in [2.45, 2.75) is 64.2 Å². The van der Waals surface area contributed by atoms with E-state index in [1.807, 2.05) is 0 Å². The third-order valence-electron chi connectivity index (χ3n) is 3.34. The lowest BCUT2D eigenvalue weighted by Crippen LogP contribution is -2.00. The van der Waals surface area contributed by atoms with Crippen LogP contribution in [0.1, 0.15) is 64.2 Å². The first-order valence-electron chi connectivity index (χ1n) is 10.3. The largest absolute Gasteiger partial charge is 0.481 e. The van der Waals surface area contributed by atoms with Crippen molar-refractivity contribution in [3.05, 3.63) is 0 Å². The van der Waals surface area contributed by atoms with Gasteiger partial charge >= 0.3 is 11.9 Å². The molecule has 31 heavy (non-hydrogen) atoms. The van der Waals surface area contributed by atoms with Crippen molar-refractivity contribution in [1.29, 1.82) is 0 Å². The molecule has 0 radical (unpaired) electrons. The van der Waals surface area contributed by atoms with E-state index in [2.05, 4.69) is 9.98 Å². The number of aliphatic carboxylic acids is 2. The minimum Gasteiger partial charge on any atom is -0.481 e. The van der Waals surface area contributed by atoms with E-state index in [9.17, 15) is 19.2 Å². The summed E-state index contributed by atoms with van der Waals surface area (Å²) in [7, 11) is 0. The number of aliphatic hydroxyl groups is 2. The number of ether oxygens (including phenoxy) is 1. The van der Waals surface area contributed by atoms with Crippen LogP contribution < -0.4 is 0 Å². The number of isocyanates is 2. The van der Waals surface area contributed by atoms with Gasteiger partial charge in [-0.25, -0.2) is 19.6 Å². The third-order valence-corrected chi connectivity index (χ3v) is 3.34. The highest BCUT2D eigenvalue weighted by Gasteiger charge is 1.99. The molecule has 0 aliphatic carbocycles. The molecule has 0 aromatic heterocycles. The molecule has 4 N–H and O–H groups in total. The van der Waals surface area contributed by atoms with E-state index in [0.29, 0.717) is 52.0 Å². The molecule has 11 nitrogen and oxygen atoms in total. The molecule has 0 aliphatic rings. The first-order chi connectivity index (χ1) is 15.0. The predicted molar refractivity (Wildman–Crippen MR) is 112 cm³/mol. The van der Waals surface area contributed by atoms with E-state index in [4.69, 9.17) is 25.2 Å². The van der Waals surface area contributed by atoms with Crippen LogP contribution in [-0.2, 0) is 23.9 Å². The minimum absolute atomic E-state index is 0.0628. The van der Waals surface area contributed by atoms with Crippen LogP contribution in [0, 0.1) is 0 Å². The second kappa shape index (κ2) is 32.3. The molecule has 11 heteroatoms. The lowest BCUT2D eigenvalue weighted by atomic mass is 10.2. The highest BCUT2D eigenvalue weighted by molar-refractivity contribution is 5.67. The summed E-state index contributed by atoms with van der Waals surface area (Å²) in [5.74, 6) is -1.74. The average molecular weight is 449 g/mol. The first-order valence-corrected chi connectivity index (χ1v) is 10.3. The summed E-state index contributed by atoms with van der Waals surface area (Å²) in [6.07, 6.45) is 9.19. The second-order valence-electron chi connectivity index (χ2n) is 6.12. The summed E-state index contributed by atoms with van der Waals surface area (Å²) >= 11 is 0. The van der Waals surface area contributed by atoms with Crippen molar-refractivity contribution in [1.82, 2.24) is 0 Å². The van der Waals surface area contributed by atoms with Crippen molar-refractivity contribution in [2.75, 3.05) is 39.5 Å². The van der Waals surface area contributed by atoms with E-state index in [1.165, 1.54) is 12.2 Å². The molecule has 0 rings (SSSR count). The maximum atomic E-state index is 9.90. The van der Waals surface area contributed by atoms with Gasteiger partial charge in [-0.15, -0.1) is 0 Å². The van der Waals surface area contributed by atoms with Gasteiger partial charge < -0.3 is 25.2 Å². The van der Waals surface area contributed by atoms with E-state index < -0.39 is 11.9 Å². The molecule has 0 spiro atoms. The van der Waals surface area contributed by atoms with Crippen molar-refractivity contribution in [3.63, 3.8) is 0 Å². The van der Waals surface area contributed by atoms with Gasteiger partial charge in [0.05, 0.1) is 13.1 Å². The Morgan fingerprint density at radius 2 is 1.03 bits per heavy atom. The van der Waals surface area contributed by atoms with Crippen LogP contribution >= 0.6 is 0 Å². The van der Waals surface area contributed by atoms with Gasteiger partial charge in [0.25, 0.3) is 0 Å². The molecule has 0 aromatic rings. The number of carboxylic acids is 2. The van der Waals surface area contributed by atoms with Crippen molar-refractivity contribution < 1.29 is 44.3 Å². The molecule has 0 unspecified atom stereocenters. The molecule has 0 saturated carbocycles. The number of hydrogen-bond donors (Lipinski definition) is 4. The molecule has 180 valence electrons.